The van der Waals surface area contributed by atoms with Crippen molar-refractivity contribution in [3.05, 3.63) is 11.8 Å². The van der Waals surface area contributed by atoms with Crippen LogP contribution >= 0.6 is 0 Å². The Balaban J connectivity index is 1.72. The number of piperidine rings is 1. The van der Waals surface area contributed by atoms with E-state index in [0.717, 1.165) is 11.5 Å². The number of nitrogens with one attached hydrogen (secondary N) is 2. The summed E-state index contributed by atoms with van der Waals surface area (Å²) in [5.74, 6) is 6.74. The van der Waals surface area contributed by atoms with E-state index in [4.69, 9.17) is 5.84 Å². The lowest BCUT2D eigenvalue weighted by Crippen LogP contribution is -2.41. The van der Waals surface area contributed by atoms with Crippen molar-refractivity contribution in [1.82, 2.24) is 14.9 Å². The summed E-state index contributed by atoms with van der Waals surface area (Å²) in [6.45, 7) is 4.41. The molecule has 2 aliphatic heterocycles. The summed E-state index contributed by atoms with van der Waals surface area (Å²) in [6, 6.07) is 3.14. The van der Waals surface area contributed by atoms with Gasteiger partial charge in [-0.05, 0) is 32.7 Å². The summed E-state index contributed by atoms with van der Waals surface area (Å²) in [7, 11) is 0. The van der Waals surface area contributed by atoms with E-state index in [2.05, 4.69) is 25.6 Å². The molecule has 2 atom stereocenters. The number of hydrogen-bond acceptors (Lipinski definition) is 6. The highest BCUT2D eigenvalue weighted by Crippen LogP contribution is 2.29. The summed E-state index contributed by atoms with van der Waals surface area (Å²) in [5, 5.41) is 3.57. The number of nitrogens with two attached hydrogens (primary N) is 1. The van der Waals surface area contributed by atoms with Crippen molar-refractivity contribution in [3.63, 3.8) is 0 Å². The molecular weight excluding hydrogens is 240 g/mol. The molecule has 0 bridgehead atoms. The van der Waals surface area contributed by atoms with Gasteiger partial charge in [0, 0.05) is 30.4 Å². The van der Waals surface area contributed by atoms with E-state index in [1.807, 2.05) is 13.0 Å². The number of anilines is 2. The smallest absolute Gasteiger partial charge is 0.239 e. The molecule has 2 saturated heterocycles. The van der Waals surface area contributed by atoms with E-state index in [9.17, 15) is 0 Å². The average Bonchev–Trinajstić information content (AvgIpc) is 2.82. The predicted molar refractivity (Wildman–Crippen MR) is 75.8 cm³/mol. The van der Waals surface area contributed by atoms with Crippen LogP contribution in [-0.2, 0) is 0 Å². The van der Waals surface area contributed by atoms with Crippen LogP contribution in [0.2, 0.25) is 0 Å². The zero-order chi connectivity index (χ0) is 13.2. The molecule has 0 amide bonds. The van der Waals surface area contributed by atoms with Crippen LogP contribution in [0.15, 0.2) is 6.07 Å². The summed E-state index contributed by atoms with van der Waals surface area (Å²) in [4.78, 5) is 11.2. The van der Waals surface area contributed by atoms with E-state index in [-0.39, 0.29) is 0 Å². The minimum atomic E-state index is 0.473. The molecule has 4 N–H and O–H groups in total. The van der Waals surface area contributed by atoms with Crippen LogP contribution in [0, 0.1) is 6.92 Å². The first-order chi connectivity index (χ1) is 9.26. The van der Waals surface area contributed by atoms with Gasteiger partial charge in [0.1, 0.15) is 5.82 Å². The Kier molecular flexibility index (Phi) is 3.52. The fourth-order valence-electron chi connectivity index (χ4n) is 3.31. The quantitative estimate of drug-likeness (QED) is 0.559. The second-order valence-corrected chi connectivity index (χ2v) is 5.50. The largest absolute Gasteiger partial charge is 0.366 e. The third-order valence-corrected chi connectivity index (χ3v) is 4.17. The molecule has 6 heteroatoms. The van der Waals surface area contributed by atoms with Crippen molar-refractivity contribution < 1.29 is 0 Å². The molecular formula is C13H22N6. The van der Waals surface area contributed by atoms with Crippen molar-refractivity contribution >= 4 is 11.8 Å². The fraction of sp³-hybridized carbons (Fsp3) is 0.692. The third-order valence-electron chi connectivity index (χ3n) is 4.17. The van der Waals surface area contributed by atoms with Gasteiger partial charge in [-0.2, -0.15) is 4.98 Å². The third kappa shape index (κ3) is 2.64. The van der Waals surface area contributed by atoms with Crippen LogP contribution < -0.4 is 16.6 Å². The van der Waals surface area contributed by atoms with Gasteiger partial charge in [0.25, 0.3) is 0 Å². The molecule has 0 radical (unpaired) electrons. The summed E-state index contributed by atoms with van der Waals surface area (Å²) >= 11 is 0. The van der Waals surface area contributed by atoms with Crippen molar-refractivity contribution in [2.45, 2.75) is 44.7 Å². The van der Waals surface area contributed by atoms with Gasteiger partial charge in [0.2, 0.25) is 5.95 Å². The topological polar surface area (TPSA) is 79.1 Å². The molecule has 1 aromatic rings. The molecule has 0 aliphatic carbocycles. The van der Waals surface area contributed by atoms with Crippen LogP contribution in [0.3, 0.4) is 0 Å². The maximum Gasteiger partial charge on any atom is 0.239 e. The number of hydrazine groups is 1. The molecule has 2 fully saturated rings. The number of nitrogen functional groups attached to an aromatic ring is 1. The molecule has 0 aromatic carbocycles. The van der Waals surface area contributed by atoms with Crippen LogP contribution in [0.1, 0.15) is 31.4 Å². The van der Waals surface area contributed by atoms with E-state index in [0.29, 0.717) is 18.0 Å². The predicted octanol–water partition coefficient (Wildman–Crippen LogP) is 1.11. The van der Waals surface area contributed by atoms with E-state index < -0.39 is 0 Å². The number of nitrogens with zero attached hydrogens (tertiary/aromatic N) is 3. The van der Waals surface area contributed by atoms with Crippen molar-refractivity contribution in [3.8, 4) is 0 Å². The van der Waals surface area contributed by atoms with Crippen LogP contribution in [0.25, 0.3) is 0 Å². The van der Waals surface area contributed by atoms with Gasteiger partial charge in [0.05, 0.1) is 0 Å². The van der Waals surface area contributed by atoms with E-state index in [1.54, 1.807) is 0 Å². The van der Waals surface area contributed by atoms with Crippen LogP contribution in [0.4, 0.5) is 11.8 Å². The monoisotopic (exact) mass is 262 g/mol. The highest BCUT2D eigenvalue weighted by molar-refractivity contribution is 5.43. The van der Waals surface area contributed by atoms with Gasteiger partial charge in [0.15, 0.2) is 0 Å². The molecule has 19 heavy (non-hydrogen) atoms. The molecule has 3 heterocycles. The lowest BCUT2D eigenvalue weighted by molar-refractivity contribution is 0.192. The van der Waals surface area contributed by atoms with Crippen LogP contribution in [0.5, 0.6) is 0 Å². The molecule has 0 spiro atoms. The highest BCUT2D eigenvalue weighted by Gasteiger charge is 2.35. The Morgan fingerprint density at radius 3 is 3.00 bits per heavy atom. The number of rotatable bonds is 3. The second-order valence-electron chi connectivity index (χ2n) is 5.50. The summed E-state index contributed by atoms with van der Waals surface area (Å²) in [5.41, 5.74) is 3.44. The first-order valence-electron chi connectivity index (χ1n) is 7.09. The number of aromatic nitrogens is 2. The minimum absolute atomic E-state index is 0.473. The normalized spacial score (nSPS) is 27.1. The van der Waals surface area contributed by atoms with Crippen molar-refractivity contribution in [2.24, 2.45) is 5.84 Å². The lowest BCUT2D eigenvalue weighted by atomic mass is 9.99. The van der Waals surface area contributed by atoms with Gasteiger partial charge in [-0.3, -0.25) is 10.3 Å². The fourth-order valence-corrected chi connectivity index (χ4v) is 3.31. The Morgan fingerprint density at radius 1 is 1.26 bits per heavy atom. The van der Waals surface area contributed by atoms with E-state index in [1.165, 1.54) is 38.8 Å². The maximum absolute atomic E-state index is 5.39. The molecule has 3 rings (SSSR count). The van der Waals surface area contributed by atoms with Crippen molar-refractivity contribution in [1.29, 1.82) is 0 Å². The molecule has 104 valence electrons. The Labute approximate surface area is 113 Å². The summed E-state index contributed by atoms with van der Waals surface area (Å²) < 4.78 is 0. The van der Waals surface area contributed by atoms with E-state index >= 15 is 0 Å². The molecule has 0 saturated carbocycles. The first kappa shape index (κ1) is 12.6. The number of aryl methyl sites for hydroxylation is 1. The van der Waals surface area contributed by atoms with Crippen LogP contribution in [-0.4, -0.2) is 40.0 Å². The summed E-state index contributed by atoms with van der Waals surface area (Å²) in [6.07, 6.45) is 5.18. The number of hydrogen-bond donors (Lipinski definition) is 3. The Hall–Kier alpha value is -1.40. The lowest BCUT2D eigenvalue weighted by Gasteiger charge is -2.32. The highest BCUT2D eigenvalue weighted by atomic mass is 15.3. The zero-order valence-electron chi connectivity index (χ0n) is 11.4. The number of fused-ring (bicyclic) bond motifs is 1. The molecule has 1 aromatic heterocycles. The molecule has 2 aliphatic rings. The van der Waals surface area contributed by atoms with Gasteiger partial charge in [-0.15, -0.1) is 0 Å². The SMILES string of the molecule is Cc1cc(NC2CCN3CCCCC23)nc(NN)n1. The van der Waals surface area contributed by atoms with Crippen molar-refractivity contribution in [2.75, 3.05) is 23.8 Å². The van der Waals surface area contributed by atoms with Gasteiger partial charge in [-0.25, -0.2) is 10.8 Å². The minimum Gasteiger partial charge on any atom is -0.366 e. The second kappa shape index (κ2) is 5.30. The average molecular weight is 262 g/mol. The Morgan fingerprint density at radius 2 is 2.16 bits per heavy atom. The zero-order valence-corrected chi connectivity index (χ0v) is 11.4. The molecule has 2 unspecified atom stereocenters. The van der Waals surface area contributed by atoms with Gasteiger partial charge < -0.3 is 5.32 Å². The first-order valence-corrected chi connectivity index (χ1v) is 7.09. The van der Waals surface area contributed by atoms with Gasteiger partial charge in [-0.1, -0.05) is 6.42 Å². The Bertz CT molecular complexity index is 449. The maximum atomic E-state index is 5.39. The van der Waals surface area contributed by atoms with Gasteiger partial charge >= 0.3 is 0 Å². The standard InChI is InChI=1S/C13H22N6/c1-9-8-12(17-13(15-9)18-14)16-10-5-7-19-6-3-2-4-11(10)19/h8,10-11H,2-7,14H2,1H3,(H2,15,16,17,18). The molecule has 6 nitrogen and oxygen atoms in total.